The van der Waals surface area contributed by atoms with Crippen LogP contribution in [0.2, 0.25) is 0 Å². The molecule has 4 fully saturated rings. The van der Waals surface area contributed by atoms with Gasteiger partial charge in [-0.1, -0.05) is 0 Å². The Bertz CT molecular complexity index is 459. The third-order valence-corrected chi connectivity index (χ3v) is 5.99. The maximum atomic E-state index is 2.60. The first kappa shape index (κ1) is 13.6. The van der Waals surface area contributed by atoms with E-state index in [0.29, 0.717) is 5.54 Å². The maximum Gasteiger partial charge on any atom is 0.172 e. The molecular formula is C17H24BrN. The van der Waals surface area contributed by atoms with Crippen molar-refractivity contribution in [2.24, 2.45) is 17.8 Å². The zero-order valence-electron chi connectivity index (χ0n) is 12.0. The topological polar surface area (TPSA) is 3.88 Å². The molecule has 2 heteroatoms. The maximum absolute atomic E-state index is 2.60. The smallest absolute Gasteiger partial charge is 0.172 e. The van der Waals surface area contributed by atoms with E-state index in [2.05, 4.69) is 36.9 Å². The van der Waals surface area contributed by atoms with E-state index in [-0.39, 0.29) is 17.0 Å². The second-order valence-corrected chi connectivity index (χ2v) is 7.36. The molecule has 0 aromatic carbocycles. The summed E-state index contributed by atoms with van der Waals surface area (Å²) in [6, 6.07) is 2.31. The molecule has 19 heavy (non-hydrogen) atoms. The highest BCUT2D eigenvalue weighted by atomic mass is 79.9. The largest absolute Gasteiger partial charge is 1.00 e. The molecule has 0 aliphatic heterocycles. The Labute approximate surface area is 127 Å². The fourth-order valence-electron chi connectivity index (χ4n) is 5.35. The molecule has 5 rings (SSSR count). The van der Waals surface area contributed by atoms with Crippen LogP contribution in [0.25, 0.3) is 0 Å². The molecule has 104 valence electrons. The molecule has 0 amide bonds. The molecule has 4 aliphatic rings. The number of pyridine rings is 1. The lowest BCUT2D eigenvalue weighted by Gasteiger charge is -2.53. The Morgan fingerprint density at radius 1 is 0.947 bits per heavy atom. The summed E-state index contributed by atoms with van der Waals surface area (Å²) in [5.41, 5.74) is 3.37. The average Bonchev–Trinajstić information content (AvgIpc) is 2.31. The van der Waals surface area contributed by atoms with Gasteiger partial charge in [0.1, 0.15) is 0 Å². The molecule has 4 aliphatic carbocycles. The molecule has 1 aromatic heterocycles. The van der Waals surface area contributed by atoms with E-state index in [1.54, 1.807) is 0 Å². The van der Waals surface area contributed by atoms with Crippen molar-refractivity contribution in [2.45, 2.75) is 57.9 Å². The van der Waals surface area contributed by atoms with Crippen molar-refractivity contribution in [2.75, 3.05) is 0 Å². The van der Waals surface area contributed by atoms with Gasteiger partial charge in [0, 0.05) is 30.9 Å². The van der Waals surface area contributed by atoms with Gasteiger partial charge in [0.05, 0.1) is 0 Å². The van der Waals surface area contributed by atoms with Crippen LogP contribution >= 0.6 is 0 Å². The van der Waals surface area contributed by atoms with E-state index in [9.17, 15) is 0 Å². The first-order valence-corrected chi connectivity index (χ1v) is 7.64. The number of rotatable bonds is 1. The third-order valence-electron chi connectivity index (χ3n) is 5.99. The van der Waals surface area contributed by atoms with Gasteiger partial charge in [-0.15, -0.1) is 0 Å². The normalized spacial score (nSPS) is 39.2. The number of hydrogen-bond acceptors (Lipinski definition) is 0. The van der Waals surface area contributed by atoms with E-state index < -0.39 is 0 Å². The zero-order chi connectivity index (χ0) is 12.3. The molecule has 0 spiro atoms. The molecule has 4 saturated carbocycles. The van der Waals surface area contributed by atoms with Crippen molar-refractivity contribution < 1.29 is 21.5 Å². The monoisotopic (exact) mass is 321 g/mol. The van der Waals surface area contributed by atoms with Gasteiger partial charge in [0.15, 0.2) is 17.9 Å². The molecule has 1 aromatic rings. The second-order valence-electron chi connectivity index (χ2n) is 7.36. The molecule has 0 N–H and O–H groups in total. The molecule has 1 nitrogen and oxygen atoms in total. The first-order valence-electron chi connectivity index (χ1n) is 7.64. The van der Waals surface area contributed by atoms with E-state index in [4.69, 9.17) is 0 Å². The molecule has 1 heterocycles. The molecule has 0 saturated heterocycles. The fraction of sp³-hybridized carbons (Fsp3) is 0.706. The molecule has 0 radical (unpaired) electrons. The third kappa shape index (κ3) is 2.07. The summed E-state index contributed by atoms with van der Waals surface area (Å²) in [5.74, 6) is 3.10. The van der Waals surface area contributed by atoms with Gasteiger partial charge in [-0.2, -0.15) is 4.57 Å². The van der Waals surface area contributed by atoms with Crippen LogP contribution in [0.1, 0.15) is 49.7 Å². The first-order chi connectivity index (χ1) is 8.64. The van der Waals surface area contributed by atoms with E-state index in [1.807, 2.05) is 0 Å². The van der Waals surface area contributed by atoms with Crippen LogP contribution in [-0.2, 0) is 5.54 Å². The fourth-order valence-corrected chi connectivity index (χ4v) is 5.35. The highest BCUT2D eigenvalue weighted by Gasteiger charge is 2.56. The highest BCUT2D eigenvalue weighted by molar-refractivity contribution is 5.17. The Hall–Kier alpha value is -0.370. The van der Waals surface area contributed by atoms with Crippen LogP contribution in [0.4, 0.5) is 0 Å². The standard InChI is InChI=1S/C17H24N.BrH/c1-12-3-4-18(11-13(12)2)17-8-14-5-15(9-17)7-16(6-14)10-17;/h3-4,11,14-16H,5-10H2,1-2H3;1H/q+1;/p-1. The van der Waals surface area contributed by atoms with Crippen molar-refractivity contribution in [1.82, 2.24) is 0 Å². The van der Waals surface area contributed by atoms with Crippen LogP contribution in [0.15, 0.2) is 18.5 Å². The Balaban J connectivity index is 0.00000110. The lowest BCUT2D eigenvalue weighted by molar-refractivity contribution is -0.777. The van der Waals surface area contributed by atoms with E-state index in [0.717, 1.165) is 17.8 Å². The average molecular weight is 322 g/mol. The summed E-state index contributed by atoms with van der Waals surface area (Å²) in [4.78, 5) is 0. The SMILES string of the molecule is Cc1cc[n+](C23CC4CC(CC(C4)C2)C3)cc1C.[Br-]. The zero-order valence-corrected chi connectivity index (χ0v) is 13.6. The van der Waals surface area contributed by atoms with Crippen LogP contribution in [0.5, 0.6) is 0 Å². The van der Waals surface area contributed by atoms with Crippen molar-refractivity contribution >= 4 is 0 Å². The molecule has 0 unspecified atom stereocenters. The van der Waals surface area contributed by atoms with Crippen LogP contribution in [-0.4, -0.2) is 0 Å². The molecule has 0 atom stereocenters. The number of halogens is 1. The summed E-state index contributed by atoms with van der Waals surface area (Å²) in [5, 5.41) is 0. The summed E-state index contributed by atoms with van der Waals surface area (Å²) in [7, 11) is 0. The predicted molar refractivity (Wildman–Crippen MR) is 72.3 cm³/mol. The summed E-state index contributed by atoms with van der Waals surface area (Å²) < 4.78 is 2.60. The summed E-state index contributed by atoms with van der Waals surface area (Å²) in [6.07, 6.45) is 13.7. The minimum absolute atomic E-state index is 0. The number of nitrogens with zero attached hydrogens (tertiary/aromatic N) is 1. The van der Waals surface area contributed by atoms with Gasteiger partial charge >= 0.3 is 0 Å². The minimum atomic E-state index is 0. The van der Waals surface area contributed by atoms with Crippen LogP contribution in [0, 0.1) is 31.6 Å². The van der Waals surface area contributed by atoms with Gasteiger partial charge < -0.3 is 17.0 Å². The van der Waals surface area contributed by atoms with Gasteiger partial charge in [0.25, 0.3) is 0 Å². The summed E-state index contributed by atoms with van der Waals surface area (Å²) in [6.45, 7) is 4.48. The lowest BCUT2D eigenvalue weighted by Crippen LogP contribution is -3.00. The molecular weight excluding hydrogens is 298 g/mol. The van der Waals surface area contributed by atoms with E-state index in [1.165, 1.54) is 49.7 Å². The number of aromatic nitrogens is 1. The van der Waals surface area contributed by atoms with Gasteiger partial charge in [-0.25, -0.2) is 0 Å². The van der Waals surface area contributed by atoms with Crippen LogP contribution in [0.3, 0.4) is 0 Å². The molecule has 4 bridgehead atoms. The van der Waals surface area contributed by atoms with Crippen molar-refractivity contribution in [3.63, 3.8) is 0 Å². The van der Waals surface area contributed by atoms with Crippen molar-refractivity contribution in [3.8, 4) is 0 Å². The lowest BCUT2D eigenvalue weighted by atomic mass is 9.53. The highest BCUT2D eigenvalue weighted by Crippen LogP contribution is 2.56. The second kappa shape index (κ2) is 4.58. The Morgan fingerprint density at radius 3 is 1.95 bits per heavy atom. The number of aryl methyl sites for hydroxylation is 2. The summed E-state index contributed by atoms with van der Waals surface area (Å²) >= 11 is 0. The quantitative estimate of drug-likeness (QED) is 0.664. The van der Waals surface area contributed by atoms with Crippen LogP contribution < -0.4 is 21.5 Å². The predicted octanol–water partition coefficient (Wildman–Crippen LogP) is 0.520. The minimum Gasteiger partial charge on any atom is -1.00 e. The van der Waals surface area contributed by atoms with Crippen molar-refractivity contribution in [1.29, 1.82) is 0 Å². The van der Waals surface area contributed by atoms with E-state index >= 15 is 0 Å². The Kier molecular flexibility index (Phi) is 3.28. The Morgan fingerprint density at radius 2 is 1.47 bits per heavy atom. The van der Waals surface area contributed by atoms with Crippen molar-refractivity contribution in [3.05, 3.63) is 29.6 Å². The number of hydrogen-bond donors (Lipinski definition) is 0. The van der Waals surface area contributed by atoms with Gasteiger partial charge in [0.2, 0.25) is 0 Å². The van der Waals surface area contributed by atoms with Gasteiger partial charge in [-0.05, 0) is 56.4 Å². The van der Waals surface area contributed by atoms with Gasteiger partial charge in [-0.3, -0.25) is 0 Å².